The largest absolute Gasteiger partial charge is 0.451 e. The van der Waals surface area contributed by atoms with Gasteiger partial charge in [0.15, 0.2) is 6.10 Å². The Morgan fingerprint density at radius 2 is 1.57 bits per heavy atom. The molecular weight excluding hydrogens is 360 g/mol. The zero-order valence-corrected chi connectivity index (χ0v) is 16.2. The Kier molecular flexibility index (Phi) is 5.63. The summed E-state index contributed by atoms with van der Waals surface area (Å²) in [6.07, 6.45) is 3.74. The highest BCUT2D eigenvalue weighted by atomic mass is 16.5. The average Bonchev–Trinajstić information content (AvgIpc) is 2.97. The van der Waals surface area contributed by atoms with Gasteiger partial charge in [0, 0.05) is 12.7 Å². The Labute approximate surface area is 163 Å². The molecule has 1 aromatic carbocycles. The number of benzene rings is 1. The minimum atomic E-state index is -1.07. The molecule has 3 rings (SSSR count). The molecule has 0 radical (unpaired) electrons. The predicted octanol–water partition coefficient (Wildman–Crippen LogP) is 1.92. The van der Waals surface area contributed by atoms with Crippen LogP contribution in [0.15, 0.2) is 42.5 Å². The summed E-state index contributed by atoms with van der Waals surface area (Å²) in [6.45, 7) is 2.94. The minimum Gasteiger partial charge on any atom is -0.451 e. The molecule has 0 unspecified atom stereocenters. The van der Waals surface area contributed by atoms with Crippen molar-refractivity contribution in [3.63, 3.8) is 0 Å². The number of fused-ring (bicyclic) bond motifs is 1. The smallest absolute Gasteiger partial charge is 0.329 e. The third-order valence-electron chi connectivity index (χ3n) is 5.38. The first kappa shape index (κ1) is 19.8. The SMILES string of the molecule is C[C@H](OC(=O)[C@H](C)N1C(=O)[C@@H]2CC=CC[C@H]2C1=O)C(=O)N(C)c1ccccc1. The van der Waals surface area contributed by atoms with Gasteiger partial charge in [0.25, 0.3) is 5.91 Å². The maximum absolute atomic E-state index is 12.6. The fourth-order valence-corrected chi connectivity index (χ4v) is 3.69. The number of carbonyl (C=O) groups is 4. The summed E-state index contributed by atoms with van der Waals surface area (Å²) in [6, 6.07) is 7.92. The summed E-state index contributed by atoms with van der Waals surface area (Å²) < 4.78 is 5.29. The van der Waals surface area contributed by atoms with Gasteiger partial charge in [-0.05, 0) is 38.8 Å². The molecule has 0 spiro atoms. The topological polar surface area (TPSA) is 84.0 Å². The number of likely N-dealkylation sites (tertiary alicyclic amines) is 1. The number of ether oxygens (including phenoxy) is 1. The molecule has 28 heavy (non-hydrogen) atoms. The van der Waals surface area contributed by atoms with E-state index in [4.69, 9.17) is 4.74 Å². The van der Waals surface area contributed by atoms with Gasteiger partial charge in [0.1, 0.15) is 6.04 Å². The molecular formula is C21H24N2O5. The number of hydrogen-bond acceptors (Lipinski definition) is 5. The van der Waals surface area contributed by atoms with Crippen LogP contribution in [-0.2, 0) is 23.9 Å². The van der Waals surface area contributed by atoms with Gasteiger partial charge in [0.2, 0.25) is 11.8 Å². The van der Waals surface area contributed by atoms with Gasteiger partial charge in [-0.15, -0.1) is 0 Å². The molecule has 1 aliphatic carbocycles. The highest BCUT2D eigenvalue weighted by Gasteiger charge is 2.50. The van der Waals surface area contributed by atoms with Crippen molar-refractivity contribution in [2.45, 2.75) is 38.8 Å². The van der Waals surface area contributed by atoms with E-state index in [1.54, 1.807) is 31.3 Å². The van der Waals surface area contributed by atoms with Gasteiger partial charge < -0.3 is 9.64 Å². The molecule has 148 valence electrons. The third kappa shape index (κ3) is 3.56. The number of rotatable bonds is 5. The first-order valence-corrected chi connectivity index (χ1v) is 9.38. The quantitative estimate of drug-likeness (QED) is 0.440. The van der Waals surface area contributed by atoms with Gasteiger partial charge in [-0.25, -0.2) is 4.79 Å². The van der Waals surface area contributed by atoms with E-state index in [1.165, 1.54) is 18.7 Å². The van der Waals surface area contributed by atoms with Crippen LogP contribution in [0.4, 0.5) is 5.69 Å². The van der Waals surface area contributed by atoms with Crippen LogP contribution in [0.3, 0.4) is 0 Å². The average molecular weight is 384 g/mol. The lowest BCUT2D eigenvalue weighted by molar-refractivity contribution is -0.163. The van der Waals surface area contributed by atoms with E-state index >= 15 is 0 Å². The zero-order valence-electron chi connectivity index (χ0n) is 16.2. The van der Waals surface area contributed by atoms with Crippen LogP contribution in [0.25, 0.3) is 0 Å². The van der Waals surface area contributed by atoms with Crippen molar-refractivity contribution in [3.8, 4) is 0 Å². The fraction of sp³-hybridized carbons (Fsp3) is 0.429. The molecule has 4 atom stereocenters. The first-order valence-electron chi connectivity index (χ1n) is 9.38. The fourth-order valence-electron chi connectivity index (χ4n) is 3.69. The second kappa shape index (κ2) is 7.96. The van der Waals surface area contributed by atoms with Crippen molar-refractivity contribution in [2.75, 3.05) is 11.9 Å². The van der Waals surface area contributed by atoms with E-state index in [0.29, 0.717) is 18.5 Å². The lowest BCUT2D eigenvalue weighted by atomic mass is 9.85. The highest BCUT2D eigenvalue weighted by molar-refractivity contribution is 6.08. The highest BCUT2D eigenvalue weighted by Crippen LogP contribution is 2.36. The maximum Gasteiger partial charge on any atom is 0.329 e. The number of anilines is 1. The molecule has 1 saturated heterocycles. The lowest BCUT2D eigenvalue weighted by Gasteiger charge is -2.25. The van der Waals surface area contributed by atoms with Crippen molar-refractivity contribution in [1.82, 2.24) is 4.90 Å². The lowest BCUT2D eigenvalue weighted by Crippen LogP contribution is -2.47. The van der Waals surface area contributed by atoms with Crippen LogP contribution in [0, 0.1) is 11.8 Å². The number of amides is 3. The molecule has 1 fully saturated rings. The minimum absolute atomic E-state index is 0.343. The standard InChI is InChI=1S/C21H24N2O5/c1-13(23-19(25)16-11-7-8-12-17(16)20(23)26)21(27)28-14(2)18(24)22(3)15-9-5-4-6-10-15/h4-10,13-14,16-17H,11-12H2,1-3H3/t13-,14-,16+,17+/m0/s1. The van der Waals surface area contributed by atoms with E-state index in [9.17, 15) is 19.2 Å². The zero-order chi connectivity index (χ0) is 20.4. The number of allylic oxidation sites excluding steroid dienone is 2. The molecule has 0 saturated carbocycles. The van der Waals surface area contributed by atoms with Crippen molar-refractivity contribution in [3.05, 3.63) is 42.5 Å². The van der Waals surface area contributed by atoms with Gasteiger partial charge >= 0.3 is 5.97 Å². The summed E-state index contributed by atoms with van der Waals surface area (Å²) in [5, 5.41) is 0. The van der Waals surface area contributed by atoms with Crippen molar-refractivity contribution >= 4 is 29.4 Å². The Hall–Kier alpha value is -2.96. The Morgan fingerprint density at radius 3 is 2.11 bits per heavy atom. The molecule has 0 N–H and O–H groups in total. The van der Waals surface area contributed by atoms with Crippen molar-refractivity contribution in [2.24, 2.45) is 11.8 Å². The first-order chi connectivity index (χ1) is 13.3. The number of hydrogen-bond donors (Lipinski definition) is 0. The molecule has 1 heterocycles. The van der Waals surface area contributed by atoms with E-state index in [-0.39, 0.29) is 11.8 Å². The number of carbonyl (C=O) groups excluding carboxylic acids is 4. The molecule has 1 aromatic rings. The number of likely N-dealkylation sites (N-methyl/N-ethyl adjacent to an activating group) is 1. The van der Waals surface area contributed by atoms with Crippen LogP contribution < -0.4 is 4.90 Å². The van der Waals surface area contributed by atoms with E-state index in [1.807, 2.05) is 18.2 Å². The van der Waals surface area contributed by atoms with Crippen molar-refractivity contribution in [1.29, 1.82) is 0 Å². The predicted molar refractivity (Wildman–Crippen MR) is 102 cm³/mol. The van der Waals surface area contributed by atoms with Gasteiger partial charge in [-0.1, -0.05) is 30.4 Å². The molecule has 3 amide bonds. The Morgan fingerprint density at radius 1 is 1.04 bits per heavy atom. The second-order valence-electron chi connectivity index (χ2n) is 7.19. The molecule has 0 aromatic heterocycles. The Balaban J connectivity index is 1.64. The van der Waals surface area contributed by atoms with E-state index < -0.39 is 35.9 Å². The molecule has 0 bridgehead atoms. The number of imide groups is 1. The van der Waals surface area contributed by atoms with E-state index in [0.717, 1.165) is 4.90 Å². The molecule has 7 nitrogen and oxygen atoms in total. The molecule has 2 aliphatic rings. The normalized spacial score (nSPS) is 23.2. The third-order valence-corrected chi connectivity index (χ3v) is 5.38. The summed E-state index contributed by atoms with van der Waals surface area (Å²) in [5.74, 6) is -2.67. The Bertz CT molecular complexity index is 793. The van der Waals surface area contributed by atoms with Gasteiger partial charge in [-0.3, -0.25) is 19.3 Å². The van der Waals surface area contributed by atoms with Crippen LogP contribution in [0.2, 0.25) is 0 Å². The monoisotopic (exact) mass is 384 g/mol. The van der Waals surface area contributed by atoms with Crippen LogP contribution in [-0.4, -0.2) is 47.8 Å². The number of esters is 1. The van der Waals surface area contributed by atoms with Crippen molar-refractivity contribution < 1.29 is 23.9 Å². The number of para-hydroxylation sites is 1. The maximum atomic E-state index is 12.6. The summed E-state index contributed by atoms with van der Waals surface area (Å²) in [5.41, 5.74) is 0.671. The number of nitrogens with zero attached hydrogens (tertiary/aromatic N) is 2. The van der Waals surface area contributed by atoms with Gasteiger partial charge in [0.05, 0.1) is 11.8 Å². The second-order valence-corrected chi connectivity index (χ2v) is 7.19. The van der Waals surface area contributed by atoms with Crippen LogP contribution in [0.5, 0.6) is 0 Å². The molecule has 1 aliphatic heterocycles. The van der Waals surface area contributed by atoms with Crippen LogP contribution in [0.1, 0.15) is 26.7 Å². The summed E-state index contributed by atoms with van der Waals surface area (Å²) >= 11 is 0. The van der Waals surface area contributed by atoms with Gasteiger partial charge in [-0.2, -0.15) is 0 Å². The molecule has 7 heteroatoms. The summed E-state index contributed by atoms with van der Waals surface area (Å²) in [4.78, 5) is 52.7. The summed E-state index contributed by atoms with van der Waals surface area (Å²) in [7, 11) is 1.59. The van der Waals surface area contributed by atoms with E-state index in [2.05, 4.69) is 0 Å². The van der Waals surface area contributed by atoms with Crippen LogP contribution >= 0.6 is 0 Å².